The fourth-order valence-corrected chi connectivity index (χ4v) is 1.30. The van der Waals surface area contributed by atoms with E-state index in [1.165, 1.54) is 12.1 Å². The van der Waals surface area contributed by atoms with Crippen molar-refractivity contribution in [1.82, 2.24) is 5.32 Å². The predicted octanol–water partition coefficient (Wildman–Crippen LogP) is -0.0843. The third-order valence-corrected chi connectivity index (χ3v) is 2.15. The molecule has 0 heterocycles. The van der Waals surface area contributed by atoms with Crippen LogP contribution in [-0.2, 0) is 4.79 Å². The standard InChI is InChI=1S/C11H16N4O2/c1-2-14-10(16)6-15-9-5-7(11(13)17)3-4-8(9)12/h3-5,15H,2,6,12H2,1H3,(H2,13,17)(H,14,16). The van der Waals surface area contributed by atoms with Crippen LogP contribution in [0.3, 0.4) is 0 Å². The van der Waals surface area contributed by atoms with Crippen molar-refractivity contribution >= 4 is 23.2 Å². The molecule has 0 fully saturated rings. The summed E-state index contributed by atoms with van der Waals surface area (Å²) in [4.78, 5) is 22.2. The molecule has 0 radical (unpaired) electrons. The number of carbonyl (C=O) groups is 2. The van der Waals surface area contributed by atoms with Crippen LogP contribution in [-0.4, -0.2) is 24.9 Å². The van der Waals surface area contributed by atoms with Gasteiger partial charge in [-0.15, -0.1) is 0 Å². The molecule has 0 bridgehead atoms. The molecular formula is C11H16N4O2. The number of nitrogens with two attached hydrogens (primary N) is 2. The van der Waals surface area contributed by atoms with E-state index in [0.29, 0.717) is 23.5 Å². The van der Waals surface area contributed by atoms with E-state index in [9.17, 15) is 9.59 Å². The lowest BCUT2D eigenvalue weighted by Crippen LogP contribution is -2.29. The van der Waals surface area contributed by atoms with Gasteiger partial charge in [-0.25, -0.2) is 0 Å². The highest BCUT2D eigenvalue weighted by Crippen LogP contribution is 2.19. The zero-order valence-corrected chi connectivity index (χ0v) is 9.62. The van der Waals surface area contributed by atoms with Crippen molar-refractivity contribution in [3.05, 3.63) is 23.8 Å². The maximum Gasteiger partial charge on any atom is 0.248 e. The number of likely N-dealkylation sites (N-methyl/N-ethyl adjacent to an activating group) is 1. The molecule has 92 valence electrons. The summed E-state index contributed by atoms with van der Waals surface area (Å²) in [5.41, 5.74) is 12.2. The van der Waals surface area contributed by atoms with Crippen molar-refractivity contribution in [3.8, 4) is 0 Å². The number of carbonyl (C=O) groups excluding carboxylic acids is 2. The number of nitrogen functional groups attached to an aromatic ring is 1. The summed E-state index contributed by atoms with van der Waals surface area (Å²) in [7, 11) is 0. The molecule has 6 nitrogen and oxygen atoms in total. The van der Waals surface area contributed by atoms with E-state index in [2.05, 4.69) is 10.6 Å². The average molecular weight is 236 g/mol. The van der Waals surface area contributed by atoms with Crippen molar-refractivity contribution in [3.63, 3.8) is 0 Å². The molecule has 1 aromatic rings. The molecule has 1 aromatic carbocycles. The predicted molar refractivity (Wildman–Crippen MR) is 66.5 cm³/mol. The summed E-state index contributed by atoms with van der Waals surface area (Å²) in [6.07, 6.45) is 0. The average Bonchev–Trinajstić information content (AvgIpc) is 2.28. The van der Waals surface area contributed by atoms with Crippen LogP contribution >= 0.6 is 0 Å². The van der Waals surface area contributed by atoms with Crippen LogP contribution in [0.1, 0.15) is 17.3 Å². The van der Waals surface area contributed by atoms with Crippen LogP contribution in [0, 0.1) is 0 Å². The van der Waals surface area contributed by atoms with E-state index in [-0.39, 0.29) is 12.5 Å². The quantitative estimate of drug-likeness (QED) is 0.536. The second-order valence-electron chi connectivity index (χ2n) is 3.47. The van der Waals surface area contributed by atoms with E-state index < -0.39 is 5.91 Å². The highest BCUT2D eigenvalue weighted by molar-refractivity contribution is 5.95. The first-order valence-electron chi connectivity index (χ1n) is 5.24. The summed E-state index contributed by atoms with van der Waals surface area (Å²) >= 11 is 0. The van der Waals surface area contributed by atoms with Gasteiger partial charge < -0.3 is 22.1 Å². The van der Waals surface area contributed by atoms with Gasteiger partial charge in [0.05, 0.1) is 17.9 Å². The van der Waals surface area contributed by atoms with Crippen LogP contribution in [0.25, 0.3) is 0 Å². The van der Waals surface area contributed by atoms with Gasteiger partial charge in [-0.3, -0.25) is 9.59 Å². The zero-order valence-electron chi connectivity index (χ0n) is 9.62. The SMILES string of the molecule is CCNC(=O)CNc1cc(C(N)=O)ccc1N. The summed E-state index contributed by atoms with van der Waals surface area (Å²) in [6.45, 7) is 2.50. The van der Waals surface area contributed by atoms with Gasteiger partial charge in [0.2, 0.25) is 11.8 Å². The lowest BCUT2D eigenvalue weighted by Gasteiger charge is -2.10. The number of anilines is 2. The highest BCUT2D eigenvalue weighted by atomic mass is 16.2. The van der Waals surface area contributed by atoms with Gasteiger partial charge in [0, 0.05) is 12.1 Å². The smallest absolute Gasteiger partial charge is 0.248 e. The monoisotopic (exact) mass is 236 g/mol. The number of hydrogen-bond acceptors (Lipinski definition) is 4. The molecule has 0 aromatic heterocycles. The summed E-state index contributed by atoms with van der Waals surface area (Å²) in [5.74, 6) is -0.678. The maximum atomic E-state index is 11.2. The number of rotatable bonds is 5. The van der Waals surface area contributed by atoms with E-state index in [0.717, 1.165) is 0 Å². The minimum absolute atomic E-state index is 0.0975. The summed E-state index contributed by atoms with van der Waals surface area (Å²) in [6, 6.07) is 4.63. The van der Waals surface area contributed by atoms with Crippen molar-refractivity contribution in [2.75, 3.05) is 24.1 Å². The lowest BCUT2D eigenvalue weighted by molar-refractivity contribution is -0.119. The molecule has 0 aliphatic rings. The first-order valence-corrected chi connectivity index (χ1v) is 5.24. The lowest BCUT2D eigenvalue weighted by atomic mass is 10.1. The molecule has 0 saturated heterocycles. The molecule has 0 spiro atoms. The molecule has 2 amide bonds. The Morgan fingerprint density at radius 3 is 2.65 bits per heavy atom. The third kappa shape index (κ3) is 3.67. The van der Waals surface area contributed by atoms with Crippen LogP contribution in [0.5, 0.6) is 0 Å². The minimum atomic E-state index is -0.536. The number of amides is 2. The normalized spacial score (nSPS) is 9.71. The van der Waals surface area contributed by atoms with E-state index in [1.807, 2.05) is 6.92 Å². The van der Waals surface area contributed by atoms with Gasteiger partial charge in [-0.1, -0.05) is 0 Å². The number of primary amides is 1. The first-order chi connectivity index (χ1) is 8.04. The number of benzene rings is 1. The fraction of sp³-hybridized carbons (Fsp3) is 0.273. The molecule has 1 rings (SSSR count). The Kier molecular flexibility index (Phi) is 4.33. The minimum Gasteiger partial charge on any atom is -0.397 e. The topological polar surface area (TPSA) is 110 Å². The van der Waals surface area contributed by atoms with Gasteiger partial charge in [0.25, 0.3) is 0 Å². The number of nitrogens with one attached hydrogen (secondary N) is 2. The van der Waals surface area contributed by atoms with Gasteiger partial charge in [-0.2, -0.15) is 0 Å². The molecule has 0 aliphatic carbocycles. The largest absolute Gasteiger partial charge is 0.397 e. The zero-order chi connectivity index (χ0) is 12.8. The highest BCUT2D eigenvalue weighted by Gasteiger charge is 2.06. The summed E-state index contributed by atoms with van der Waals surface area (Å²) in [5, 5.41) is 5.49. The fourth-order valence-electron chi connectivity index (χ4n) is 1.30. The van der Waals surface area contributed by atoms with Crippen molar-refractivity contribution < 1.29 is 9.59 Å². The van der Waals surface area contributed by atoms with Gasteiger partial charge in [0.1, 0.15) is 0 Å². The van der Waals surface area contributed by atoms with Crippen molar-refractivity contribution in [2.24, 2.45) is 5.73 Å². The van der Waals surface area contributed by atoms with Crippen LogP contribution < -0.4 is 22.1 Å². The molecule has 17 heavy (non-hydrogen) atoms. The van der Waals surface area contributed by atoms with Gasteiger partial charge in [0.15, 0.2) is 0 Å². The molecule has 6 heteroatoms. The third-order valence-electron chi connectivity index (χ3n) is 2.15. The Labute approximate surface area is 99.4 Å². The molecule has 6 N–H and O–H groups in total. The second kappa shape index (κ2) is 5.74. The number of hydrogen-bond donors (Lipinski definition) is 4. The van der Waals surface area contributed by atoms with E-state index in [1.54, 1.807) is 6.07 Å². The molecule has 0 atom stereocenters. The van der Waals surface area contributed by atoms with Crippen LogP contribution in [0.2, 0.25) is 0 Å². The Bertz CT molecular complexity index is 431. The Morgan fingerprint density at radius 1 is 1.35 bits per heavy atom. The molecule has 0 aliphatic heterocycles. The molecule has 0 saturated carbocycles. The van der Waals surface area contributed by atoms with Crippen molar-refractivity contribution in [1.29, 1.82) is 0 Å². The van der Waals surface area contributed by atoms with E-state index >= 15 is 0 Å². The first kappa shape index (κ1) is 12.8. The van der Waals surface area contributed by atoms with Crippen molar-refractivity contribution in [2.45, 2.75) is 6.92 Å². The van der Waals surface area contributed by atoms with E-state index in [4.69, 9.17) is 11.5 Å². The summed E-state index contributed by atoms with van der Waals surface area (Å²) < 4.78 is 0. The Balaban J connectivity index is 2.73. The maximum absolute atomic E-state index is 11.2. The van der Waals surface area contributed by atoms with Crippen LogP contribution in [0.4, 0.5) is 11.4 Å². The Hall–Kier alpha value is -2.24. The second-order valence-corrected chi connectivity index (χ2v) is 3.47. The van der Waals surface area contributed by atoms with Gasteiger partial charge >= 0.3 is 0 Å². The Morgan fingerprint density at radius 2 is 2.06 bits per heavy atom. The molecular weight excluding hydrogens is 220 g/mol. The van der Waals surface area contributed by atoms with Crippen LogP contribution in [0.15, 0.2) is 18.2 Å². The molecule has 0 unspecified atom stereocenters. The van der Waals surface area contributed by atoms with Gasteiger partial charge in [-0.05, 0) is 25.1 Å².